The first-order chi connectivity index (χ1) is 11.5. The Morgan fingerprint density at radius 2 is 1.88 bits per heavy atom. The summed E-state index contributed by atoms with van der Waals surface area (Å²) in [5.74, 6) is -0.188. The molecule has 1 heterocycles. The molecular formula is C15H19F3N2O4S. The summed E-state index contributed by atoms with van der Waals surface area (Å²) in [5.41, 5.74) is -1.76. The highest BCUT2D eigenvalue weighted by molar-refractivity contribution is 7.92. The summed E-state index contributed by atoms with van der Waals surface area (Å²) >= 11 is 0. The fourth-order valence-electron chi connectivity index (χ4n) is 3.20. The molecule has 0 aliphatic carbocycles. The Balaban J connectivity index is 2.50. The van der Waals surface area contributed by atoms with Crippen LogP contribution in [-0.2, 0) is 16.0 Å². The molecule has 1 aliphatic rings. The summed E-state index contributed by atoms with van der Waals surface area (Å²) in [6, 6.07) is 2.33. The van der Waals surface area contributed by atoms with Gasteiger partial charge in [-0.05, 0) is 25.0 Å². The molecular weight excluding hydrogens is 361 g/mol. The van der Waals surface area contributed by atoms with Crippen LogP contribution in [0, 0.1) is 10.1 Å². The average molecular weight is 380 g/mol. The zero-order chi connectivity index (χ0) is 19.0. The van der Waals surface area contributed by atoms with Gasteiger partial charge >= 0.3 is 6.18 Å². The second-order valence-corrected chi connectivity index (χ2v) is 8.59. The molecule has 0 atom stereocenters. The van der Waals surface area contributed by atoms with E-state index in [0.717, 1.165) is 12.1 Å². The molecule has 0 N–H and O–H groups in total. The lowest BCUT2D eigenvalue weighted by Gasteiger charge is -2.42. The minimum Gasteiger partial charge on any atom is -0.363 e. The molecule has 0 spiro atoms. The van der Waals surface area contributed by atoms with Crippen LogP contribution in [0.2, 0.25) is 0 Å². The van der Waals surface area contributed by atoms with Gasteiger partial charge in [0.15, 0.2) is 9.84 Å². The first-order valence-electron chi connectivity index (χ1n) is 7.80. The number of hydrogen-bond donors (Lipinski definition) is 0. The van der Waals surface area contributed by atoms with Crippen molar-refractivity contribution in [2.45, 2.75) is 37.6 Å². The van der Waals surface area contributed by atoms with Crippen molar-refractivity contribution in [2.24, 2.45) is 0 Å². The van der Waals surface area contributed by atoms with Gasteiger partial charge in [0.25, 0.3) is 5.69 Å². The highest BCUT2D eigenvalue weighted by Gasteiger charge is 2.46. The molecule has 10 heteroatoms. The lowest BCUT2D eigenvalue weighted by atomic mass is 10.0. The fraction of sp³-hybridized carbons (Fsp3) is 0.600. The Hall–Kier alpha value is -1.84. The van der Waals surface area contributed by atoms with Gasteiger partial charge in [0.2, 0.25) is 0 Å². The number of halogens is 3. The molecule has 1 fully saturated rings. The fourth-order valence-corrected chi connectivity index (χ4v) is 5.33. The lowest BCUT2D eigenvalue weighted by Crippen LogP contribution is -2.56. The molecule has 0 radical (unpaired) electrons. The van der Waals surface area contributed by atoms with Crippen molar-refractivity contribution in [3.8, 4) is 0 Å². The number of sulfone groups is 1. The Morgan fingerprint density at radius 3 is 2.36 bits per heavy atom. The maximum Gasteiger partial charge on any atom is 0.416 e. The van der Waals surface area contributed by atoms with Crippen molar-refractivity contribution >= 4 is 21.2 Å². The van der Waals surface area contributed by atoms with E-state index in [1.807, 2.05) is 0 Å². The van der Waals surface area contributed by atoms with E-state index < -0.39 is 36.9 Å². The standard InChI is InChI=1S/C15H19F3N2O4S/c1-3-14(4-2)10-19(7-8-25(14,23)24)12-6-5-11(15(16,17)18)9-13(12)20(21)22/h5-6,9H,3-4,7-8,10H2,1-2H3. The van der Waals surface area contributed by atoms with Crippen molar-refractivity contribution in [3.63, 3.8) is 0 Å². The van der Waals surface area contributed by atoms with E-state index >= 15 is 0 Å². The lowest BCUT2D eigenvalue weighted by molar-refractivity contribution is -0.384. The summed E-state index contributed by atoms with van der Waals surface area (Å²) in [6.07, 6.45) is -4.03. The van der Waals surface area contributed by atoms with Crippen molar-refractivity contribution in [1.29, 1.82) is 0 Å². The number of anilines is 1. The normalized spacial score (nSPS) is 19.6. The molecule has 1 aromatic carbocycles. The van der Waals surface area contributed by atoms with E-state index in [2.05, 4.69) is 0 Å². The second kappa shape index (κ2) is 6.47. The first kappa shape index (κ1) is 19.5. The van der Waals surface area contributed by atoms with Crippen molar-refractivity contribution in [3.05, 3.63) is 33.9 Å². The number of hydrogen-bond acceptors (Lipinski definition) is 5. The number of nitro groups is 1. The van der Waals surface area contributed by atoms with Gasteiger partial charge in [-0.1, -0.05) is 13.8 Å². The van der Waals surface area contributed by atoms with Crippen molar-refractivity contribution < 1.29 is 26.5 Å². The molecule has 0 unspecified atom stereocenters. The van der Waals surface area contributed by atoms with Crippen LogP contribution >= 0.6 is 0 Å². The molecule has 6 nitrogen and oxygen atoms in total. The number of nitrogens with zero attached hydrogens (tertiary/aromatic N) is 2. The second-order valence-electron chi connectivity index (χ2n) is 6.09. The number of nitro benzene ring substituents is 1. The summed E-state index contributed by atoms with van der Waals surface area (Å²) in [4.78, 5) is 11.9. The SMILES string of the molecule is CCC1(CC)CN(c2ccc(C(F)(F)F)cc2[N+](=O)[O-])CCS1(=O)=O. The van der Waals surface area contributed by atoms with Crippen LogP contribution < -0.4 is 4.90 Å². The molecule has 140 valence electrons. The Labute approximate surface area is 143 Å². The van der Waals surface area contributed by atoms with Gasteiger partial charge in [0.1, 0.15) is 5.69 Å². The van der Waals surface area contributed by atoms with Gasteiger partial charge in [0.05, 0.1) is 21.0 Å². The average Bonchev–Trinajstić information content (AvgIpc) is 2.53. The third kappa shape index (κ3) is 3.44. The molecule has 0 aromatic heterocycles. The van der Waals surface area contributed by atoms with Gasteiger partial charge in [-0.3, -0.25) is 10.1 Å². The highest BCUT2D eigenvalue weighted by Crippen LogP contribution is 2.40. The van der Waals surface area contributed by atoms with Gasteiger partial charge in [-0.2, -0.15) is 13.2 Å². The van der Waals surface area contributed by atoms with Gasteiger partial charge in [0, 0.05) is 19.2 Å². The van der Waals surface area contributed by atoms with Crippen LogP contribution in [0.15, 0.2) is 18.2 Å². The molecule has 2 rings (SSSR count). The van der Waals surface area contributed by atoms with E-state index in [-0.39, 0.29) is 24.5 Å². The maximum absolute atomic E-state index is 12.8. The molecule has 0 amide bonds. The summed E-state index contributed by atoms with van der Waals surface area (Å²) in [7, 11) is -3.38. The zero-order valence-corrected chi connectivity index (χ0v) is 14.7. The van der Waals surface area contributed by atoms with E-state index in [1.54, 1.807) is 13.8 Å². The number of benzene rings is 1. The van der Waals surface area contributed by atoms with E-state index in [9.17, 15) is 31.7 Å². The highest BCUT2D eigenvalue weighted by atomic mass is 32.2. The molecule has 0 bridgehead atoms. The topological polar surface area (TPSA) is 80.5 Å². The van der Waals surface area contributed by atoms with Crippen LogP contribution in [0.25, 0.3) is 0 Å². The maximum atomic E-state index is 12.8. The predicted molar refractivity (Wildman–Crippen MR) is 87.4 cm³/mol. The zero-order valence-electron chi connectivity index (χ0n) is 13.8. The van der Waals surface area contributed by atoms with Gasteiger partial charge in [-0.25, -0.2) is 8.42 Å². The van der Waals surface area contributed by atoms with E-state index in [1.165, 1.54) is 4.90 Å². The quantitative estimate of drug-likeness (QED) is 0.591. The van der Waals surface area contributed by atoms with Crippen LogP contribution in [-0.4, -0.2) is 36.9 Å². The van der Waals surface area contributed by atoms with E-state index in [0.29, 0.717) is 18.9 Å². The molecule has 25 heavy (non-hydrogen) atoms. The third-order valence-electron chi connectivity index (χ3n) is 4.90. The van der Waals surface area contributed by atoms with Crippen LogP contribution in [0.1, 0.15) is 32.3 Å². The Bertz CT molecular complexity index is 773. The van der Waals surface area contributed by atoms with Gasteiger partial charge < -0.3 is 4.90 Å². The molecule has 1 aliphatic heterocycles. The number of rotatable bonds is 4. The summed E-state index contributed by atoms with van der Waals surface area (Å²) in [5, 5.41) is 11.3. The minimum atomic E-state index is -4.69. The summed E-state index contributed by atoms with van der Waals surface area (Å²) < 4.78 is 62.3. The Kier molecular flexibility index (Phi) is 5.04. The van der Waals surface area contributed by atoms with E-state index in [4.69, 9.17) is 0 Å². The summed E-state index contributed by atoms with van der Waals surface area (Å²) in [6.45, 7) is 3.49. The minimum absolute atomic E-state index is 0.0102. The van der Waals surface area contributed by atoms with Crippen molar-refractivity contribution in [2.75, 3.05) is 23.7 Å². The Morgan fingerprint density at radius 1 is 1.28 bits per heavy atom. The number of alkyl halides is 3. The first-order valence-corrected chi connectivity index (χ1v) is 9.45. The van der Waals surface area contributed by atoms with Crippen LogP contribution in [0.4, 0.5) is 24.5 Å². The van der Waals surface area contributed by atoms with Crippen molar-refractivity contribution in [1.82, 2.24) is 0 Å². The monoisotopic (exact) mass is 380 g/mol. The molecule has 0 saturated carbocycles. The molecule has 1 saturated heterocycles. The van der Waals surface area contributed by atoms with Crippen LogP contribution in [0.5, 0.6) is 0 Å². The predicted octanol–water partition coefficient (Wildman–Crippen LogP) is 3.41. The van der Waals surface area contributed by atoms with Gasteiger partial charge in [-0.15, -0.1) is 0 Å². The van der Waals surface area contributed by atoms with Crippen LogP contribution in [0.3, 0.4) is 0 Å². The largest absolute Gasteiger partial charge is 0.416 e. The molecule has 1 aromatic rings. The third-order valence-corrected chi connectivity index (χ3v) is 7.64. The smallest absolute Gasteiger partial charge is 0.363 e.